The summed E-state index contributed by atoms with van der Waals surface area (Å²) in [6.45, 7) is 3.56. The first-order valence-electron chi connectivity index (χ1n) is 4.40. The molecule has 0 aromatic heterocycles. The monoisotopic (exact) mass is 174 g/mol. The van der Waals surface area contributed by atoms with Crippen LogP contribution < -0.4 is 0 Å². The molecule has 0 saturated heterocycles. The summed E-state index contributed by atoms with van der Waals surface area (Å²) < 4.78 is 0. The normalized spacial score (nSPS) is 11.4. The van der Waals surface area contributed by atoms with E-state index in [0.717, 1.165) is 12.0 Å². The number of rotatable bonds is 3. The van der Waals surface area contributed by atoms with Crippen molar-refractivity contribution >= 4 is 5.78 Å². The number of allylic oxidation sites excluding steroid dienone is 2. The van der Waals surface area contributed by atoms with E-state index in [0.29, 0.717) is 0 Å². The Morgan fingerprint density at radius 3 is 2.38 bits per heavy atom. The molecule has 1 nitrogen and oxygen atoms in total. The molecule has 0 aliphatic heterocycles. The molecule has 0 bridgehead atoms. The lowest BCUT2D eigenvalue weighted by atomic mass is 10.1. The van der Waals surface area contributed by atoms with Crippen LogP contribution in [0.4, 0.5) is 0 Å². The van der Waals surface area contributed by atoms with Crippen LogP contribution in [0, 0.1) is 0 Å². The molecule has 1 aromatic rings. The fraction of sp³-hybridized carbons (Fsp3) is 0.250. The molecule has 0 unspecified atom stereocenters. The van der Waals surface area contributed by atoms with Crippen molar-refractivity contribution in [1.82, 2.24) is 0 Å². The van der Waals surface area contributed by atoms with E-state index >= 15 is 0 Å². The Morgan fingerprint density at radius 1 is 1.23 bits per heavy atom. The van der Waals surface area contributed by atoms with Crippen LogP contribution in [0.25, 0.3) is 0 Å². The summed E-state index contributed by atoms with van der Waals surface area (Å²) in [5, 5.41) is 0. The lowest BCUT2D eigenvalue weighted by molar-refractivity contribution is -0.112. The van der Waals surface area contributed by atoms with Crippen LogP contribution in [-0.2, 0) is 11.2 Å². The average Bonchev–Trinajstić information content (AvgIpc) is 2.04. The lowest BCUT2D eigenvalue weighted by Crippen LogP contribution is -1.90. The number of carbonyl (C=O) groups is 1. The maximum atomic E-state index is 10.8. The Balaban J connectivity index is 2.65. The Kier molecular flexibility index (Phi) is 3.44. The van der Waals surface area contributed by atoms with Crippen molar-refractivity contribution < 1.29 is 4.79 Å². The zero-order chi connectivity index (χ0) is 9.68. The summed E-state index contributed by atoms with van der Waals surface area (Å²) in [5.74, 6) is 0.119. The third-order valence-corrected chi connectivity index (χ3v) is 1.78. The smallest absolute Gasteiger partial charge is 0.152 e. The van der Waals surface area contributed by atoms with Crippen LogP contribution in [0.5, 0.6) is 0 Å². The summed E-state index contributed by atoms with van der Waals surface area (Å²) >= 11 is 0. The number of hydrogen-bond acceptors (Lipinski definition) is 1. The van der Waals surface area contributed by atoms with Gasteiger partial charge in [-0.2, -0.15) is 0 Å². The van der Waals surface area contributed by atoms with Crippen molar-refractivity contribution in [2.45, 2.75) is 20.3 Å². The van der Waals surface area contributed by atoms with Crippen LogP contribution in [0.2, 0.25) is 0 Å². The molecule has 1 heteroatoms. The van der Waals surface area contributed by atoms with Crippen molar-refractivity contribution in [3.05, 3.63) is 47.5 Å². The highest BCUT2D eigenvalue weighted by Gasteiger charge is 1.94. The zero-order valence-electron chi connectivity index (χ0n) is 8.08. The van der Waals surface area contributed by atoms with Gasteiger partial charge in [0.25, 0.3) is 0 Å². The minimum absolute atomic E-state index is 0.119. The Bertz CT molecular complexity index is 309. The molecule has 0 heterocycles. The van der Waals surface area contributed by atoms with Gasteiger partial charge in [-0.3, -0.25) is 4.79 Å². The first-order chi connectivity index (χ1) is 6.18. The van der Waals surface area contributed by atoms with Crippen molar-refractivity contribution in [3.8, 4) is 0 Å². The fourth-order valence-corrected chi connectivity index (χ4v) is 1.32. The van der Waals surface area contributed by atoms with E-state index in [4.69, 9.17) is 0 Å². The van der Waals surface area contributed by atoms with Crippen molar-refractivity contribution in [3.63, 3.8) is 0 Å². The van der Waals surface area contributed by atoms with E-state index in [1.165, 1.54) is 5.56 Å². The van der Waals surface area contributed by atoms with Gasteiger partial charge >= 0.3 is 0 Å². The van der Waals surface area contributed by atoms with Crippen molar-refractivity contribution in [2.24, 2.45) is 0 Å². The maximum Gasteiger partial charge on any atom is 0.152 e. The minimum atomic E-state index is 0.119. The molecule has 0 spiro atoms. The molecule has 0 amide bonds. The van der Waals surface area contributed by atoms with Crippen LogP contribution >= 0.6 is 0 Å². The van der Waals surface area contributed by atoms with E-state index in [9.17, 15) is 4.79 Å². The molecule has 1 aromatic carbocycles. The second kappa shape index (κ2) is 4.61. The van der Waals surface area contributed by atoms with Gasteiger partial charge in [-0.25, -0.2) is 0 Å². The molecule has 13 heavy (non-hydrogen) atoms. The van der Waals surface area contributed by atoms with Crippen molar-refractivity contribution in [2.75, 3.05) is 0 Å². The molecule has 0 fully saturated rings. The predicted octanol–water partition coefficient (Wildman–Crippen LogP) is 2.76. The van der Waals surface area contributed by atoms with Gasteiger partial charge in [-0.15, -0.1) is 0 Å². The second-order valence-corrected chi connectivity index (χ2v) is 3.26. The molecular weight excluding hydrogens is 160 g/mol. The second-order valence-electron chi connectivity index (χ2n) is 3.26. The molecule has 0 saturated carbocycles. The summed E-state index contributed by atoms with van der Waals surface area (Å²) in [7, 11) is 0. The van der Waals surface area contributed by atoms with Gasteiger partial charge < -0.3 is 0 Å². The number of benzene rings is 1. The van der Waals surface area contributed by atoms with Gasteiger partial charge in [0, 0.05) is 0 Å². The van der Waals surface area contributed by atoms with E-state index in [2.05, 4.69) is 12.1 Å². The molecule has 0 atom stereocenters. The highest BCUT2D eigenvalue weighted by molar-refractivity contribution is 5.87. The van der Waals surface area contributed by atoms with Gasteiger partial charge in [-0.05, 0) is 31.9 Å². The Labute approximate surface area is 79.1 Å². The minimum Gasteiger partial charge on any atom is -0.295 e. The number of ketones is 1. The first kappa shape index (κ1) is 9.72. The van der Waals surface area contributed by atoms with Gasteiger partial charge in [0.05, 0.1) is 0 Å². The number of hydrogen-bond donors (Lipinski definition) is 0. The van der Waals surface area contributed by atoms with E-state index in [1.54, 1.807) is 13.0 Å². The van der Waals surface area contributed by atoms with Crippen molar-refractivity contribution in [1.29, 1.82) is 0 Å². The van der Waals surface area contributed by atoms with Gasteiger partial charge in [0.15, 0.2) is 5.78 Å². The summed E-state index contributed by atoms with van der Waals surface area (Å²) in [4.78, 5) is 10.8. The molecular formula is C12H14O. The zero-order valence-corrected chi connectivity index (χ0v) is 8.08. The van der Waals surface area contributed by atoms with E-state index in [-0.39, 0.29) is 5.78 Å². The van der Waals surface area contributed by atoms with Crippen LogP contribution in [0.3, 0.4) is 0 Å². The third kappa shape index (κ3) is 3.70. The SMILES string of the molecule is CC(=O)C=C(C)Cc1ccccc1. The molecule has 0 radical (unpaired) electrons. The molecule has 68 valence electrons. The molecule has 0 aliphatic carbocycles. The summed E-state index contributed by atoms with van der Waals surface area (Å²) in [5.41, 5.74) is 2.36. The molecule has 1 rings (SSSR count). The number of carbonyl (C=O) groups excluding carboxylic acids is 1. The standard InChI is InChI=1S/C12H14O/c1-10(8-11(2)13)9-12-6-4-3-5-7-12/h3-8H,9H2,1-2H3. The van der Waals surface area contributed by atoms with Crippen LogP contribution in [0.15, 0.2) is 42.0 Å². The quantitative estimate of drug-likeness (QED) is 0.644. The highest BCUT2D eigenvalue weighted by Crippen LogP contribution is 2.06. The first-order valence-corrected chi connectivity index (χ1v) is 4.40. The highest BCUT2D eigenvalue weighted by atomic mass is 16.1. The van der Waals surface area contributed by atoms with E-state index < -0.39 is 0 Å². The van der Waals surface area contributed by atoms with Gasteiger partial charge in [-0.1, -0.05) is 35.9 Å². The lowest BCUT2D eigenvalue weighted by Gasteiger charge is -1.99. The molecule has 0 N–H and O–H groups in total. The van der Waals surface area contributed by atoms with Gasteiger partial charge in [0.2, 0.25) is 0 Å². The third-order valence-electron chi connectivity index (χ3n) is 1.78. The predicted molar refractivity (Wildman–Crippen MR) is 54.6 cm³/mol. The fourth-order valence-electron chi connectivity index (χ4n) is 1.32. The van der Waals surface area contributed by atoms with Crippen LogP contribution in [-0.4, -0.2) is 5.78 Å². The van der Waals surface area contributed by atoms with E-state index in [1.807, 2.05) is 25.1 Å². The molecule has 0 aliphatic rings. The summed E-state index contributed by atoms with van der Waals surface area (Å²) in [6, 6.07) is 10.1. The van der Waals surface area contributed by atoms with Gasteiger partial charge in [0.1, 0.15) is 0 Å². The average molecular weight is 174 g/mol. The Morgan fingerprint density at radius 2 is 1.85 bits per heavy atom. The maximum absolute atomic E-state index is 10.8. The largest absolute Gasteiger partial charge is 0.295 e. The topological polar surface area (TPSA) is 17.1 Å². The Hall–Kier alpha value is -1.37. The summed E-state index contributed by atoms with van der Waals surface area (Å²) in [6.07, 6.45) is 2.55. The van der Waals surface area contributed by atoms with Crippen LogP contribution in [0.1, 0.15) is 19.4 Å².